The van der Waals surface area contributed by atoms with E-state index < -0.39 is 0 Å². The molecular formula is C14H25N3O2. The average molecular weight is 267 g/mol. The number of aryl methyl sites for hydroxylation is 2. The standard InChI is InChI=1S/C14H25N3O2/c1-4-12-6-13(17(5-2)16-12)9-18-10-14-8-15-7-11(3)19-14/h6,11,14-15H,4-5,7-10H2,1-3H3. The van der Waals surface area contributed by atoms with Crippen LogP contribution in [0.5, 0.6) is 0 Å². The van der Waals surface area contributed by atoms with Crippen molar-refractivity contribution in [3.63, 3.8) is 0 Å². The van der Waals surface area contributed by atoms with Crippen LogP contribution in [0.2, 0.25) is 0 Å². The summed E-state index contributed by atoms with van der Waals surface area (Å²) in [7, 11) is 0. The molecule has 1 fully saturated rings. The Labute approximate surface area is 115 Å². The highest BCUT2D eigenvalue weighted by Gasteiger charge is 2.18. The van der Waals surface area contributed by atoms with Gasteiger partial charge in [-0.3, -0.25) is 4.68 Å². The quantitative estimate of drug-likeness (QED) is 0.845. The molecular weight excluding hydrogens is 242 g/mol. The molecule has 1 aliphatic rings. The van der Waals surface area contributed by atoms with Crippen molar-refractivity contribution in [2.75, 3.05) is 19.7 Å². The van der Waals surface area contributed by atoms with Crippen molar-refractivity contribution < 1.29 is 9.47 Å². The molecule has 1 saturated heterocycles. The molecule has 2 rings (SSSR count). The maximum absolute atomic E-state index is 5.80. The minimum atomic E-state index is 0.160. The third-order valence-corrected chi connectivity index (χ3v) is 3.36. The number of rotatable bonds is 6. The summed E-state index contributed by atoms with van der Waals surface area (Å²) in [5.74, 6) is 0. The molecule has 0 saturated carbocycles. The van der Waals surface area contributed by atoms with E-state index in [-0.39, 0.29) is 12.2 Å². The van der Waals surface area contributed by atoms with E-state index in [1.54, 1.807) is 0 Å². The first-order chi connectivity index (χ1) is 9.22. The molecule has 0 aromatic carbocycles. The number of morpholine rings is 1. The molecule has 0 amide bonds. The van der Waals surface area contributed by atoms with Gasteiger partial charge in [0.15, 0.2) is 0 Å². The van der Waals surface area contributed by atoms with Gasteiger partial charge in [0, 0.05) is 19.6 Å². The Morgan fingerprint density at radius 1 is 1.47 bits per heavy atom. The minimum absolute atomic E-state index is 0.160. The van der Waals surface area contributed by atoms with Crippen molar-refractivity contribution in [2.24, 2.45) is 0 Å². The van der Waals surface area contributed by atoms with Gasteiger partial charge in [-0.1, -0.05) is 6.92 Å². The lowest BCUT2D eigenvalue weighted by atomic mass is 10.2. The average Bonchev–Trinajstić information content (AvgIpc) is 2.81. The van der Waals surface area contributed by atoms with Crippen molar-refractivity contribution in [2.45, 2.75) is 52.6 Å². The summed E-state index contributed by atoms with van der Waals surface area (Å²) in [6.07, 6.45) is 1.40. The number of hydrogen-bond donors (Lipinski definition) is 1. The van der Waals surface area contributed by atoms with Crippen LogP contribution in [-0.4, -0.2) is 41.7 Å². The second-order valence-corrected chi connectivity index (χ2v) is 5.04. The van der Waals surface area contributed by atoms with Crippen LogP contribution < -0.4 is 5.32 Å². The predicted molar refractivity (Wildman–Crippen MR) is 74.1 cm³/mol. The van der Waals surface area contributed by atoms with Crippen molar-refractivity contribution >= 4 is 0 Å². The van der Waals surface area contributed by atoms with Gasteiger partial charge < -0.3 is 14.8 Å². The van der Waals surface area contributed by atoms with Crippen molar-refractivity contribution in [1.82, 2.24) is 15.1 Å². The van der Waals surface area contributed by atoms with Crippen LogP contribution in [0.25, 0.3) is 0 Å². The Balaban J connectivity index is 1.80. The van der Waals surface area contributed by atoms with E-state index in [0.29, 0.717) is 13.2 Å². The van der Waals surface area contributed by atoms with E-state index in [4.69, 9.17) is 9.47 Å². The van der Waals surface area contributed by atoms with E-state index in [1.807, 2.05) is 4.68 Å². The van der Waals surface area contributed by atoms with Gasteiger partial charge in [-0.2, -0.15) is 5.10 Å². The molecule has 2 atom stereocenters. The largest absolute Gasteiger partial charge is 0.372 e. The smallest absolute Gasteiger partial charge is 0.0936 e. The van der Waals surface area contributed by atoms with Crippen LogP contribution in [0.15, 0.2) is 6.07 Å². The molecule has 0 radical (unpaired) electrons. The third kappa shape index (κ3) is 4.03. The summed E-state index contributed by atoms with van der Waals surface area (Å²) in [5.41, 5.74) is 2.28. The summed E-state index contributed by atoms with van der Waals surface area (Å²) in [6, 6.07) is 2.13. The first-order valence-corrected chi connectivity index (χ1v) is 7.22. The molecule has 1 aromatic heterocycles. The Hall–Kier alpha value is -0.910. The molecule has 1 aliphatic heterocycles. The van der Waals surface area contributed by atoms with Crippen molar-refractivity contribution in [1.29, 1.82) is 0 Å². The first kappa shape index (κ1) is 14.5. The highest BCUT2D eigenvalue weighted by Crippen LogP contribution is 2.09. The number of nitrogens with one attached hydrogen (secondary N) is 1. The topological polar surface area (TPSA) is 48.3 Å². The molecule has 5 nitrogen and oxygen atoms in total. The second-order valence-electron chi connectivity index (χ2n) is 5.04. The maximum Gasteiger partial charge on any atom is 0.0936 e. The van der Waals surface area contributed by atoms with E-state index in [0.717, 1.165) is 37.4 Å². The van der Waals surface area contributed by atoms with Gasteiger partial charge >= 0.3 is 0 Å². The monoisotopic (exact) mass is 267 g/mol. The predicted octanol–water partition coefficient (Wildman–Crippen LogP) is 1.36. The van der Waals surface area contributed by atoms with Crippen LogP contribution in [0, 0.1) is 0 Å². The SMILES string of the molecule is CCc1cc(COCC2CNCC(C)O2)n(CC)n1. The summed E-state index contributed by atoms with van der Waals surface area (Å²) in [5, 5.41) is 7.86. The Bertz CT molecular complexity index is 392. The van der Waals surface area contributed by atoms with E-state index in [2.05, 4.69) is 37.3 Å². The zero-order valence-corrected chi connectivity index (χ0v) is 12.2. The summed E-state index contributed by atoms with van der Waals surface area (Å²) in [4.78, 5) is 0. The summed E-state index contributed by atoms with van der Waals surface area (Å²) < 4.78 is 13.6. The molecule has 108 valence electrons. The third-order valence-electron chi connectivity index (χ3n) is 3.36. The zero-order valence-electron chi connectivity index (χ0n) is 12.2. The van der Waals surface area contributed by atoms with Gasteiger partial charge in [-0.05, 0) is 26.3 Å². The van der Waals surface area contributed by atoms with E-state index >= 15 is 0 Å². The number of hydrogen-bond acceptors (Lipinski definition) is 4. The fourth-order valence-electron chi connectivity index (χ4n) is 2.34. The Morgan fingerprint density at radius 3 is 3.00 bits per heavy atom. The molecule has 1 N–H and O–H groups in total. The molecule has 5 heteroatoms. The molecule has 2 heterocycles. The van der Waals surface area contributed by atoms with E-state index in [1.165, 1.54) is 0 Å². The van der Waals surface area contributed by atoms with Crippen LogP contribution in [0.1, 0.15) is 32.2 Å². The highest BCUT2D eigenvalue weighted by atomic mass is 16.5. The lowest BCUT2D eigenvalue weighted by molar-refractivity contribution is -0.0723. The van der Waals surface area contributed by atoms with Gasteiger partial charge in [0.1, 0.15) is 0 Å². The fraction of sp³-hybridized carbons (Fsp3) is 0.786. The van der Waals surface area contributed by atoms with Gasteiger partial charge in [0.05, 0.1) is 36.8 Å². The van der Waals surface area contributed by atoms with Crippen LogP contribution in [-0.2, 0) is 29.0 Å². The first-order valence-electron chi connectivity index (χ1n) is 7.22. The van der Waals surface area contributed by atoms with Crippen molar-refractivity contribution in [3.05, 3.63) is 17.5 Å². The zero-order chi connectivity index (χ0) is 13.7. The van der Waals surface area contributed by atoms with Gasteiger partial charge in [-0.15, -0.1) is 0 Å². The van der Waals surface area contributed by atoms with Crippen LogP contribution >= 0.6 is 0 Å². The fourth-order valence-corrected chi connectivity index (χ4v) is 2.34. The number of nitrogens with zero attached hydrogens (tertiary/aromatic N) is 2. The summed E-state index contributed by atoms with van der Waals surface area (Å²) >= 11 is 0. The lowest BCUT2D eigenvalue weighted by Crippen LogP contribution is -2.45. The second kappa shape index (κ2) is 7.03. The molecule has 2 unspecified atom stereocenters. The van der Waals surface area contributed by atoms with Gasteiger partial charge in [0.25, 0.3) is 0 Å². The molecule has 0 bridgehead atoms. The van der Waals surface area contributed by atoms with Gasteiger partial charge in [0.2, 0.25) is 0 Å². The maximum atomic E-state index is 5.80. The highest BCUT2D eigenvalue weighted by molar-refractivity contribution is 5.09. The Kier molecular flexibility index (Phi) is 5.36. The normalized spacial score (nSPS) is 23.7. The molecule has 1 aromatic rings. The number of ether oxygens (including phenoxy) is 2. The lowest BCUT2D eigenvalue weighted by Gasteiger charge is -2.28. The van der Waals surface area contributed by atoms with Crippen LogP contribution in [0.3, 0.4) is 0 Å². The Morgan fingerprint density at radius 2 is 2.32 bits per heavy atom. The number of aromatic nitrogens is 2. The van der Waals surface area contributed by atoms with Gasteiger partial charge in [-0.25, -0.2) is 0 Å². The molecule has 0 aliphatic carbocycles. The summed E-state index contributed by atoms with van der Waals surface area (Å²) in [6.45, 7) is 10.2. The van der Waals surface area contributed by atoms with Crippen molar-refractivity contribution in [3.8, 4) is 0 Å². The van der Waals surface area contributed by atoms with Crippen LogP contribution in [0.4, 0.5) is 0 Å². The minimum Gasteiger partial charge on any atom is -0.372 e. The molecule has 19 heavy (non-hydrogen) atoms. The molecule has 0 spiro atoms. The van der Waals surface area contributed by atoms with E-state index in [9.17, 15) is 0 Å².